The predicted molar refractivity (Wildman–Crippen MR) is 389 cm³/mol. The Morgan fingerprint density at radius 1 is 0.480 bits per heavy atom. The Kier molecular flexibility index (Phi) is 30.1. The maximum atomic E-state index is 13.7. The Morgan fingerprint density at radius 2 is 0.796 bits per heavy atom. The molecule has 4 atom stereocenters. The third kappa shape index (κ3) is 18.6. The second kappa shape index (κ2) is 35.3. The van der Waals surface area contributed by atoms with Crippen molar-refractivity contribution in [3.63, 3.8) is 0 Å². The summed E-state index contributed by atoms with van der Waals surface area (Å²) < 4.78 is 119. The number of alkyl halides is 6. The molecule has 0 aromatic heterocycles. The molecule has 98 heavy (non-hydrogen) atoms. The number of para-hydroxylation sites is 2. The number of hydrogen-bond donors (Lipinski definition) is 0. The maximum Gasteiger partial charge on any atom is 0.471 e. The van der Waals surface area contributed by atoms with Crippen LogP contribution in [0.4, 0.5) is 35.9 Å². The second-order valence-electron chi connectivity index (χ2n) is 24.3. The van der Waals surface area contributed by atoms with Gasteiger partial charge in [0.2, 0.25) is 0 Å². The lowest BCUT2D eigenvalue weighted by Gasteiger charge is -2.45. The molecule has 14 nitrogen and oxygen atoms in total. The van der Waals surface area contributed by atoms with Gasteiger partial charge in [-0.05, 0) is 173 Å². The van der Waals surface area contributed by atoms with Crippen molar-refractivity contribution in [3.05, 3.63) is 199 Å². The van der Waals surface area contributed by atoms with Gasteiger partial charge in [-0.25, -0.2) is 9.59 Å². The van der Waals surface area contributed by atoms with Crippen molar-refractivity contribution in [2.24, 2.45) is 0 Å². The van der Waals surface area contributed by atoms with Gasteiger partial charge in [0, 0.05) is 74.4 Å². The molecule has 536 valence electrons. The minimum Gasteiger partial charge on any atom is -0.410 e. The standard InChI is InChI=1S/2C34H36Cl2F3N3O4S.2ClH.2H2S/c2*1-40(30(43)34(37,38)39)23-32(25-13-14-28(35)29(36)21-25,41(2)31(44)46-26-10-4-3-5-11-26)15-8-18-42-19-16-33(17-20-42)27-12-7-6-9-24(27)22-47(33)45;;;;/h2*3-7,9-14,21H,8,15-20,22-23H2,1-2H3;2*1H;2*1H2/t2*32-,47?;;;;/m11..../s1. The number of carbonyl (C=O) groups excluding carboxylic acids is 4. The molecule has 6 aromatic rings. The molecular formula is C68H78Cl6F6N6O8S4. The molecule has 2 spiro atoms. The van der Waals surface area contributed by atoms with Gasteiger partial charge in [-0.15, -0.1) is 24.8 Å². The van der Waals surface area contributed by atoms with Gasteiger partial charge in [0.05, 0.1) is 40.7 Å². The van der Waals surface area contributed by atoms with Gasteiger partial charge in [0.15, 0.2) is 0 Å². The molecule has 0 radical (unpaired) electrons. The number of halogens is 12. The monoisotopic (exact) mass is 1560 g/mol. The summed E-state index contributed by atoms with van der Waals surface area (Å²) in [5.41, 5.74) is 2.41. The van der Waals surface area contributed by atoms with Gasteiger partial charge in [0.25, 0.3) is 0 Å². The number of nitrogens with zero attached hydrogens (tertiary/aromatic N) is 6. The third-order valence-electron chi connectivity index (χ3n) is 18.7. The van der Waals surface area contributed by atoms with Crippen LogP contribution in [0, 0.1) is 0 Å². The summed E-state index contributed by atoms with van der Waals surface area (Å²) in [7, 11) is 2.97. The van der Waals surface area contributed by atoms with Gasteiger partial charge >= 0.3 is 36.4 Å². The van der Waals surface area contributed by atoms with Gasteiger partial charge in [0.1, 0.15) is 11.5 Å². The van der Waals surface area contributed by atoms with Gasteiger partial charge in [-0.3, -0.25) is 27.8 Å². The molecule has 4 amide bonds. The molecule has 0 bridgehead atoms. The van der Waals surface area contributed by atoms with E-state index in [1.54, 1.807) is 72.8 Å². The lowest BCUT2D eigenvalue weighted by atomic mass is 9.82. The summed E-state index contributed by atoms with van der Waals surface area (Å²) in [6, 6.07) is 42.0. The molecule has 2 fully saturated rings. The van der Waals surface area contributed by atoms with Crippen molar-refractivity contribution < 1.29 is 63.4 Å². The number of likely N-dealkylation sites (tertiary alicyclic amines) is 2. The first-order valence-corrected chi connectivity index (χ1v) is 34.6. The number of ether oxygens (including phenoxy) is 2. The number of fused-ring (bicyclic) bond motifs is 4. The van der Waals surface area contributed by atoms with E-state index < -0.39 is 82.1 Å². The highest BCUT2D eigenvalue weighted by molar-refractivity contribution is 7.85. The molecule has 2 saturated heterocycles. The first kappa shape index (κ1) is 83.7. The molecule has 2 unspecified atom stereocenters. The summed E-state index contributed by atoms with van der Waals surface area (Å²) in [4.78, 5) is 60.3. The van der Waals surface area contributed by atoms with E-state index in [0.29, 0.717) is 84.5 Å². The second-order valence-corrected chi connectivity index (χ2v) is 29.4. The fourth-order valence-corrected chi connectivity index (χ4v) is 18.0. The Bertz CT molecular complexity index is 3530. The number of piperidine rings is 2. The number of amides is 4. The van der Waals surface area contributed by atoms with Gasteiger partial charge < -0.3 is 29.1 Å². The summed E-state index contributed by atoms with van der Waals surface area (Å²) in [5, 5.41) is 0.752. The molecule has 6 aromatic carbocycles. The molecule has 10 rings (SSSR count). The first-order valence-electron chi connectivity index (χ1n) is 30.5. The van der Waals surface area contributed by atoms with Crippen molar-refractivity contribution in [2.75, 3.05) is 80.5 Å². The molecule has 30 heteroatoms. The van der Waals surface area contributed by atoms with E-state index in [2.05, 4.69) is 21.9 Å². The zero-order valence-corrected chi connectivity index (χ0v) is 62.2. The van der Waals surface area contributed by atoms with Crippen molar-refractivity contribution in [1.82, 2.24) is 29.4 Å². The Balaban J connectivity index is 0.000000340. The predicted octanol–water partition coefficient (Wildman–Crippen LogP) is 15.8. The largest absolute Gasteiger partial charge is 0.471 e. The average molecular weight is 1560 g/mol. The van der Waals surface area contributed by atoms with Crippen LogP contribution in [0.25, 0.3) is 0 Å². The van der Waals surface area contributed by atoms with Crippen LogP contribution in [-0.2, 0) is 63.3 Å². The zero-order valence-electron chi connectivity index (χ0n) is 53.9. The van der Waals surface area contributed by atoms with Crippen molar-refractivity contribution in [1.29, 1.82) is 0 Å². The highest BCUT2D eigenvalue weighted by Crippen LogP contribution is 2.49. The zero-order chi connectivity index (χ0) is 68.0. The van der Waals surface area contributed by atoms with Crippen molar-refractivity contribution in [2.45, 2.75) is 95.8 Å². The lowest BCUT2D eigenvalue weighted by Crippen LogP contribution is -2.56. The number of carbonyl (C=O) groups is 4. The van der Waals surface area contributed by atoms with Crippen LogP contribution in [0.15, 0.2) is 146 Å². The molecule has 0 aliphatic carbocycles. The molecule has 0 N–H and O–H groups in total. The van der Waals surface area contributed by atoms with Crippen LogP contribution in [0.3, 0.4) is 0 Å². The highest BCUT2D eigenvalue weighted by Gasteiger charge is 2.52. The Morgan fingerprint density at radius 3 is 1.11 bits per heavy atom. The quantitative estimate of drug-likeness (QED) is 0.0764. The Hall–Kier alpha value is -4.96. The van der Waals surface area contributed by atoms with Crippen molar-refractivity contribution in [3.8, 4) is 11.5 Å². The van der Waals surface area contributed by atoms with Crippen LogP contribution in [0.1, 0.15) is 84.7 Å². The summed E-state index contributed by atoms with van der Waals surface area (Å²) in [6.45, 7) is 2.90. The van der Waals surface area contributed by atoms with Crippen LogP contribution in [0.2, 0.25) is 20.1 Å². The maximum absolute atomic E-state index is 13.7. The normalized spacial score (nSPS) is 18.0. The van der Waals surface area contributed by atoms with Crippen LogP contribution >= 0.6 is 98.2 Å². The fraction of sp³-hybridized carbons (Fsp3) is 0.412. The molecule has 4 aliphatic rings. The van der Waals surface area contributed by atoms with Gasteiger partial charge in [-0.2, -0.15) is 53.3 Å². The van der Waals surface area contributed by atoms with E-state index in [1.807, 2.05) is 36.4 Å². The summed E-state index contributed by atoms with van der Waals surface area (Å²) in [5.74, 6) is -2.48. The van der Waals surface area contributed by atoms with E-state index >= 15 is 0 Å². The number of rotatable bonds is 18. The van der Waals surface area contributed by atoms with E-state index in [9.17, 15) is 53.9 Å². The summed E-state index contributed by atoms with van der Waals surface area (Å²) >= 11 is 25.2. The smallest absolute Gasteiger partial charge is 0.410 e. The van der Waals surface area contributed by atoms with E-state index in [1.165, 1.54) is 48.2 Å². The van der Waals surface area contributed by atoms with Crippen LogP contribution in [0.5, 0.6) is 11.5 Å². The Labute approximate surface area is 618 Å². The lowest BCUT2D eigenvalue weighted by molar-refractivity contribution is -0.185. The molecule has 4 heterocycles. The van der Waals surface area contributed by atoms with E-state index in [4.69, 9.17) is 55.9 Å². The summed E-state index contributed by atoms with van der Waals surface area (Å²) in [6.07, 6.45) is -7.77. The van der Waals surface area contributed by atoms with Crippen molar-refractivity contribution >= 4 is 144 Å². The fourth-order valence-electron chi connectivity index (χ4n) is 13.6. The van der Waals surface area contributed by atoms with E-state index in [0.717, 1.165) is 62.0 Å². The molecular weight excluding hydrogens is 1480 g/mol. The minimum atomic E-state index is -5.12. The topological polar surface area (TPSA) is 140 Å². The number of likely N-dealkylation sites (N-methyl/N-ethyl adjacent to an activating group) is 4. The first-order chi connectivity index (χ1) is 44.5. The van der Waals surface area contributed by atoms with E-state index in [-0.39, 0.29) is 106 Å². The molecule has 4 aliphatic heterocycles. The SMILES string of the molecule is CN(C[C@](CCCN1CCC2(CC1)c1ccccc1CS2=O)(c1ccc(Cl)c(Cl)c1)N(C)C(=O)Oc1ccccc1)C(=O)C(F)(F)F.CN(C[C@](CCCN1CCC2(CC1)c1ccccc1CS2=O)(c1ccc(Cl)c(Cl)c1)N(C)C(=O)Oc1ccccc1)C(=O)C(F)(F)F.Cl.Cl.S.S. The van der Waals surface area contributed by atoms with Crippen LogP contribution in [-0.4, -0.2) is 155 Å². The average Bonchev–Trinajstić information content (AvgIpc) is 1.54. The molecule has 0 saturated carbocycles. The number of benzene rings is 6. The van der Waals surface area contributed by atoms with Gasteiger partial charge in [-0.1, -0.05) is 143 Å². The third-order valence-corrected chi connectivity index (χ3v) is 24.4. The number of hydrogen-bond acceptors (Lipinski definition) is 10. The highest BCUT2D eigenvalue weighted by atomic mass is 35.5. The van der Waals surface area contributed by atoms with Crippen LogP contribution < -0.4 is 9.47 Å². The minimum absolute atomic E-state index is 0.